The van der Waals surface area contributed by atoms with Crippen LogP contribution >= 0.6 is 0 Å². The van der Waals surface area contributed by atoms with Crippen LogP contribution in [0, 0.1) is 0 Å². The average Bonchev–Trinajstić information content (AvgIpc) is 2.82. The molecule has 8 heteroatoms. The van der Waals surface area contributed by atoms with E-state index in [-0.39, 0.29) is 25.5 Å². The largest absolute Gasteiger partial charge is 0.464 e. The molecule has 0 aromatic heterocycles. The summed E-state index contributed by atoms with van der Waals surface area (Å²) in [5.41, 5.74) is 0. The van der Waals surface area contributed by atoms with E-state index in [4.69, 9.17) is 4.74 Å². The molecule has 1 fully saturated rings. The van der Waals surface area contributed by atoms with Gasteiger partial charge in [-0.15, -0.1) is 0 Å². The standard InChI is InChI=1S/C12H18F3NO4/c1-2-20-11(18)9-4-3-6-16(9)10(17)5-7-19-8-12(13,14)15/h9H,2-8H2,1H3. The van der Waals surface area contributed by atoms with Crippen LogP contribution in [0.4, 0.5) is 13.2 Å². The number of halogens is 3. The Kier molecular flexibility index (Phi) is 6.25. The molecule has 0 bridgehead atoms. The first-order valence-electron chi connectivity index (χ1n) is 6.45. The van der Waals surface area contributed by atoms with Crippen LogP contribution in [0.1, 0.15) is 26.2 Å². The number of amides is 1. The molecule has 1 aliphatic rings. The monoisotopic (exact) mass is 297 g/mol. The molecule has 116 valence electrons. The summed E-state index contributed by atoms with van der Waals surface area (Å²) in [6.07, 6.45) is -3.37. The summed E-state index contributed by atoms with van der Waals surface area (Å²) in [4.78, 5) is 24.8. The maximum atomic E-state index is 11.9. The smallest absolute Gasteiger partial charge is 0.411 e. The second kappa shape index (κ2) is 7.47. The van der Waals surface area contributed by atoms with Crippen LogP contribution in [0.25, 0.3) is 0 Å². The molecule has 0 N–H and O–H groups in total. The molecule has 20 heavy (non-hydrogen) atoms. The van der Waals surface area contributed by atoms with Crippen molar-refractivity contribution < 1.29 is 32.2 Å². The van der Waals surface area contributed by atoms with Crippen molar-refractivity contribution in [2.24, 2.45) is 0 Å². The van der Waals surface area contributed by atoms with Gasteiger partial charge in [0.2, 0.25) is 5.91 Å². The maximum Gasteiger partial charge on any atom is 0.411 e. The highest BCUT2D eigenvalue weighted by Crippen LogP contribution is 2.20. The highest BCUT2D eigenvalue weighted by Gasteiger charge is 2.35. The number of carbonyl (C=O) groups excluding carboxylic acids is 2. The predicted molar refractivity (Wildman–Crippen MR) is 62.9 cm³/mol. The fourth-order valence-electron chi connectivity index (χ4n) is 2.04. The van der Waals surface area contributed by atoms with Crippen molar-refractivity contribution in [3.05, 3.63) is 0 Å². The molecule has 1 aliphatic heterocycles. The molecular formula is C12H18F3NO4. The minimum atomic E-state index is -4.40. The Morgan fingerprint density at radius 3 is 2.65 bits per heavy atom. The second-order valence-corrected chi connectivity index (χ2v) is 4.41. The quantitative estimate of drug-likeness (QED) is 0.551. The molecule has 0 radical (unpaired) electrons. The molecule has 0 saturated carbocycles. The number of rotatable bonds is 6. The van der Waals surface area contributed by atoms with Crippen molar-refractivity contribution in [1.82, 2.24) is 4.90 Å². The SMILES string of the molecule is CCOC(=O)C1CCCN1C(=O)CCOCC(F)(F)F. The third-order valence-corrected chi connectivity index (χ3v) is 2.86. The van der Waals surface area contributed by atoms with Crippen LogP contribution in [0.15, 0.2) is 0 Å². The molecule has 5 nitrogen and oxygen atoms in total. The van der Waals surface area contributed by atoms with Crippen molar-refractivity contribution in [3.63, 3.8) is 0 Å². The summed E-state index contributed by atoms with van der Waals surface area (Å²) >= 11 is 0. The normalized spacial score (nSPS) is 19.2. The highest BCUT2D eigenvalue weighted by atomic mass is 19.4. The van der Waals surface area contributed by atoms with Gasteiger partial charge in [-0.05, 0) is 19.8 Å². The molecule has 1 amide bonds. The van der Waals surface area contributed by atoms with E-state index in [1.165, 1.54) is 4.90 Å². The van der Waals surface area contributed by atoms with Crippen LogP contribution in [0.2, 0.25) is 0 Å². The van der Waals surface area contributed by atoms with E-state index >= 15 is 0 Å². The van der Waals surface area contributed by atoms with Crippen LogP contribution in [0.3, 0.4) is 0 Å². The molecule has 1 unspecified atom stereocenters. The van der Waals surface area contributed by atoms with E-state index in [1.54, 1.807) is 6.92 Å². The lowest BCUT2D eigenvalue weighted by Gasteiger charge is -2.23. The molecule has 0 aromatic rings. The summed E-state index contributed by atoms with van der Waals surface area (Å²) in [5.74, 6) is -0.850. The average molecular weight is 297 g/mol. The van der Waals surface area contributed by atoms with Gasteiger partial charge in [0.1, 0.15) is 12.6 Å². The Balaban J connectivity index is 2.36. The van der Waals surface area contributed by atoms with Crippen LogP contribution < -0.4 is 0 Å². The van der Waals surface area contributed by atoms with Crippen molar-refractivity contribution in [1.29, 1.82) is 0 Å². The van der Waals surface area contributed by atoms with Crippen LogP contribution in [0.5, 0.6) is 0 Å². The zero-order valence-electron chi connectivity index (χ0n) is 11.2. The van der Waals surface area contributed by atoms with Crippen molar-refractivity contribution in [2.75, 3.05) is 26.4 Å². The van der Waals surface area contributed by atoms with Gasteiger partial charge in [-0.3, -0.25) is 4.79 Å². The summed E-state index contributed by atoms with van der Waals surface area (Å²) < 4.78 is 44.8. The molecule has 1 heterocycles. The maximum absolute atomic E-state index is 11.9. The van der Waals surface area contributed by atoms with E-state index in [9.17, 15) is 22.8 Å². The Bertz CT molecular complexity index is 346. The van der Waals surface area contributed by atoms with Gasteiger partial charge >= 0.3 is 12.1 Å². The van der Waals surface area contributed by atoms with Crippen LogP contribution in [-0.2, 0) is 19.1 Å². The number of carbonyl (C=O) groups is 2. The minimum absolute atomic E-state index is 0.175. The van der Waals surface area contributed by atoms with Gasteiger partial charge in [0, 0.05) is 6.54 Å². The van der Waals surface area contributed by atoms with E-state index in [0.29, 0.717) is 19.4 Å². The molecule has 0 aliphatic carbocycles. The third kappa shape index (κ3) is 5.36. The van der Waals surface area contributed by atoms with E-state index in [1.807, 2.05) is 0 Å². The Morgan fingerprint density at radius 2 is 2.05 bits per heavy atom. The molecule has 1 rings (SSSR count). The van der Waals surface area contributed by atoms with Gasteiger partial charge in [0.05, 0.1) is 19.6 Å². The molecule has 0 spiro atoms. The number of likely N-dealkylation sites (tertiary alicyclic amines) is 1. The summed E-state index contributed by atoms with van der Waals surface area (Å²) in [6.45, 7) is 0.629. The molecule has 1 atom stereocenters. The molecular weight excluding hydrogens is 279 g/mol. The summed E-state index contributed by atoms with van der Waals surface area (Å²) in [5, 5.41) is 0. The second-order valence-electron chi connectivity index (χ2n) is 4.41. The van der Waals surface area contributed by atoms with Gasteiger partial charge in [0.25, 0.3) is 0 Å². The number of esters is 1. The van der Waals surface area contributed by atoms with Gasteiger partial charge in [-0.2, -0.15) is 13.2 Å². The number of hydrogen-bond donors (Lipinski definition) is 0. The fourth-order valence-corrected chi connectivity index (χ4v) is 2.04. The molecule has 0 aromatic carbocycles. The summed E-state index contributed by atoms with van der Waals surface area (Å²) in [7, 11) is 0. The number of ether oxygens (including phenoxy) is 2. The predicted octanol–water partition coefficient (Wildman–Crippen LogP) is 1.51. The van der Waals surface area contributed by atoms with E-state index in [2.05, 4.69) is 4.74 Å². The van der Waals surface area contributed by atoms with Gasteiger partial charge in [-0.1, -0.05) is 0 Å². The fraction of sp³-hybridized carbons (Fsp3) is 0.833. The first-order valence-corrected chi connectivity index (χ1v) is 6.45. The lowest BCUT2D eigenvalue weighted by Crippen LogP contribution is -2.41. The number of hydrogen-bond acceptors (Lipinski definition) is 4. The Labute approximate surface area is 115 Å². The van der Waals surface area contributed by atoms with E-state index in [0.717, 1.165) is 0 Å². The van der Waals surface area contributed by atoms with E-state index < -0.39 is 24.8 Å². The van der Waals surface area contributed by atoms with Crippen LogP contribution in [-0.4, -0.2) is 55.4 Å². The zero-order chi connectivity index (χ0) is 15.2. The highest BCUT2D eigenvalue weighted by molar-refractivity contribution is 5.85. The summed E-state index contributed by atoms with van der Waals surface area (Å²) in [6, 6.07) is -0.620. The van der Waals surface area contributed by atoms with Gasteiger partial charge in [-0.25, -0.2) is 4.79 Å². The number of alkyl halides is 3. The lowest BCUT2D eigenvalue weighted by molar-refractivity contribution is -0.175. The first kappa shape index (κ1) is 16.7. The Hall–Kier alpha value is -1.31. The molecule has 1 saturated heterocycles. The first-order chi connectivity index (χ1) is 9.35. The minimum Gasteiger partial charge on any atom is -0.464 e. The topological polar surface area (TPSA) is 55.8 Å². The zero-order valence-corrected chi connectivity index (χ0v) is 11.2. The van der Waals surface area contributed by atoms with Crippen molar-refractivity contribution in [2.45, 2.75) is 38.4 Å². The van der Waals surface area contributed by atoms with Gasteiger partial charge < -0.3 is 14.4 Å². The van der Waals surface area contributed by atoms with Crippen molar-refractivity contribution in [3.8, 4) is 0 Å². The third-order valence-electron chi connectivity index (χ3n) is 2.86. The van der Waals surface area contributed by atoms with Gasteiger partial charge in [0.15, 0.2) is 0 Å². The lowest BCUT2D eigenvalue weighted by atomic mass is 10.2. The van der Waals surface area contributed by atoms with Crippen molar-refractivity contribution >= 4 is 11.9 Å². The Morgan fingerprint density at radius 1 is 1.35 bits per heavy atom. The number of nitrogens with zero attached hydrogens (tertiary/aromatic N) is 1.